The Labute approximate surface area is 121 Å². The minimum absolute atomic E-state index is 0.411. The first-order valence-corrected chi connectivity index (χ1v) is 7.45. The van der Waals surface area contributed by atoms with Crippen LogP contribution in [0, 0.1) is 11.8 Å². The minimum atomic E-state index is 0.411. The van der Waals surface area contributed by atoms with Crippen LogP contribution >= 0.6 is 0 Å². The number of hydrogen-bond acceptors (Lipinski definition) is 6. The van der Waals surface area contributed by atoms with Crippen LogP contribution < -0.4 is 15.0 Å². The molecule has 0 aliphatic carbocycles. The molecule has 2 rings (SSSR count). The molecule has 0 amide bonds. The molecule has 0 saturated carbocycles. The lowest BCUT2D eigenvalue weighted by Gasteiger charge is -2.18. The van der Waals surface area contributed by atoms with Crippen molar-refractivity contribution < 1.29 is 4.74 Å². The van der Waals surface area contributed by atoms with Gasteiger partial charge in [0.05, 0.1) is 6.61 Å². The van der Waals surface area contributed by atoms with Crippen LogP contribution in [0.1, 0.15) is 33.6 Å². The lowest BCUT2D eigenvalue weighted by Crippen LogP contribution is -2.24. The third kappa shape index (κ3) is 3.49. The van der Waals surface area contributed by atoms with E-state index < -0.39 is 0 Å². The second-order valence-corrected chi connectivity index (χ2v) is 5.58. The Morgan fingerprint density at radius 2 is 2.15 bits per heavy atom. The smallest absolute Gasteiger partial charge is 0.323 e. The molecule has 1 unspecified atom stereocenters. The molecular formula is C14H25N5O. The lowest BCUT2D eigenvalue weighted by molar-refractivity contribution is 0.292. The van der Waals surface area contributed by atoms with Crippen LogP contribution in [0.25, 0.3) is 0 Å². The van der Waals surface area contributed by atoms with E-state index in [2.05, 4.69) is 45.9 Å². The van der Waals surface area contributed by atoms with Gasteiger partial charge < -0.3 is 15.0 Å². The van der Waals surface area contributed by atoms with Crippen LogP contribution in [0.4, 0.5) is 11.9 Å². The lowest BCUT2D eigenvalue weighted by atomic mass is 9.95. The zero-order valence-electron chi connectivity index (χ0n) is 12.9. The Kier molecular flexibility index (Phi) is 4.98. The van der Waals surface area contributed by atoms with Crippen LogP contribution in [-0.4, -0.2) is 41.7 Å². The number of anilines is 2. The molecule has 1 N–H and O–H groups in total. The molecule has 20 heavy (non-hydrogen) atoms. The molecular weight excluding hydrogens is 254 g/mol. The third-order valence-electron chi connectivity index (χ3n) is 3.71. The monoisotopic (exact) mass is 279 g/mol. The van der Waals surface area contributed by atoms with Gasteiger partial charge in [0.2, 0.25) is 11.9 Å². The fourth-order valence-corrected chi connectivity index (χ4v) is 2.37. The van der Waals surface area contributed by atoms with E-state index in [1.807, 2.05) is 7.05 Å². The first kappa shape index (κ1) is 14.8. The van der Waals surface area contributed by atoms with Crippen molar-refractivity contribution in [3.8, 4) is 6.01 Å². The van der Waals surface area contributed by atoms with Gasteiger partial charge in [0.15, 0.2) is 0 Å². The van der Waals surface area contributed by atoms with Gasteiger partial charge in [-0.25, -0.2) is 0 Å². The van der Waals surface area contributed by atoms with Gasteiger partial charge in [-0.2, -0.15) is 15.0 Å². The summed E-state index contributed by atoms with van der Waals surface area (Å²) in [6.07, 6.45) is 2.14. The van der Waals surface area contributed by atoms with E-state index in [4.69, 9.17) is 4.74 Å². The van der Waals surface area contributed by atoms with Gasteiger partial charge in [0.1, 0.15) is 0 Å². The number of ether oxygens (including phenoxy) is 1. The van der Waals surface area contributed by atoms with Gasteiger partial charge in [-0.3, -0.25) is 0 Å². The molecule has 0 radical (unpaired) electrons. The van der Waals surface area contributed by atoms with Crippen molar-refractivity contribution in [3.05, 3.63) is 0 Å². The van der Waals surface area contributed by atoms with E-state index >= 15 is 0 Å². The molecule has 1 aliphatic rings. The molecule has 1 saturated heterocycles. The maximum atomic E-state index is 5.54. The summed E-state index contributed by atoms with van der Waals surface area (Å²) >= 11 is 0. The summed E-state index contributed by atoms with van der Waals surface area (Å²) in [5.41, 5.74) is 0. The van der Waals surface area contributed by atoms with Gasteiger partial charge >= 0.3 is 6.01 Å². The molecule has 0 spiro atoms. The van der Waals surface area contributed by atoms with Crippen molar-refractivity contribution in [3.63, 3.8) is 0 Å². The number of nitrogens with zero attached hydrogens (tertiary/aromatic N) is 4. The molecule has 1 aromatic heterocycles. The van der Waals surface area contributed by atoms with Crippen molar-refractivity contribution in [2.45, 2.75) is 33.6 Å². The second kappa shape index (κ2) is 6.72. The fourth-order valence-electron chi connectivity index (χ4n) is 2.37. The molecule has 6 nitrogen and oxygen atoms in total. The maximum Gasteiger partial charge on any atom is 0.323 e. The SMILES string of the molecule is CCCOc1nc(NC)nc(N2CCC(C(C)C)C2)n1. The average molecular weight is 279 g/mol. The number of aromatic nitrogens is 3. The molecule has 0 aromatic carbocycles. The summed E-state index contributed by atoms with van der Waals surface area (Å²) < 4.78 is 5.54. The highest BCUT2D eigenvalue weighted by Crippen LogP contribution is 2.27. The molecule has 6 heteroatoms. The van der Waals surface area contributed by atoms with E-state index in [0.29, 0.717) is 30.4 Å². The van der Waals surface area contributed by atoms with Crippen molar-refractivity contribution in [1.82, 2.24) is 15.0 Å². The van der Waals surface area contributed by atoms with Gasteiger partial charge in [0, 0.05) is 20.1 Å². The predicted octanol–water partition coefficient (Wildman–Crippen LogP) is 2.18. The summed E-state index contributed by atoms with van der Waals surface area (Å²) in [6.45, 7) is 9.25. The fraction of sp³-hybridized carbons (Fsp3) is 0.786. The van der Waals surface area contributed by atoms with Crippen molar-refractivity contribution in [2.24, 2.45) is 11.8 Å². The minimum Gasteiger partial charge on any atom is -0.463 e. The third-order valence-corrected chi connectivity index (χ3v) is 3.71. The highest BCUT2D eigenvalue weighted by molar-refractivity contribution is 5.39. The maximum absolute atomic E-state index is 5.54. The van der Waals surface area contributed by atoms with Gasteiger partial charge in [-0.1, -0.05) is 20.8 Å². The molecule has 112 valence electrons. The molecule has 0 bridgehead atoms. The van der Waals surface area contributed by atoms with Crippen LogP contribution in [-0.2, 0) is 0 Å². The van der Waals surface area contributed by atoms with E-state index in [1.165, 1.54) is 6.42 Å². The van der Waals surface area contributed by atoms with Crippen molar-refractivity contribution in [2.75, 3.05) is 37.0 Å². The Morgan fingerprint density at radius 3 is 2.75 bits per heavy atom. The topological polar surface area (TPSA) is 63.2 Å². The standard InChI is InChI=1S/C14H25N5O/c1-5-8-20-14-17-12(15-4)16-13(18-14)19-7-6-11(9-19)10(2)3/h10-11H,5-9H2,1-4H3,(H,15,16,17,18). The predicted molar refractivity (Wildman–Crippen MR) is 80.3 cm³/mol. The molecule has 2 heterocycles. The van der Waals surface area contributed by atoms with Crippen LogP contribution in [0.3, 0.4) is 0 Å². The zero-order chi connectivity index (χ0) is 14.5. The molecule has 1 aliphatic heterocycles. The zero-order valence-corrected chi connectivity index (χ0v) is 12.9. The van der Waals surface area contributed by atoms with E-state index in [9.17, 15) is 0 Å². The highest BCUT2D eigenvalue weighted by Gasteiger charge is 2.27. The average Bonchev–Trinajstić information content (AvgIpc) is 2.94. The Morgan fingerprint density at radius 1 is 1.35 bits per heavy atom. The first-order chi connectivity index (χ1) is 9.63. The van der Waals surface area contributed by atoms with Crippen LogP contribution in [0.15, 0.2) is 0 Å². The second-order valence-electron chi connectivity index (χ2n) is 5.58. The first-order valence-electron chi connectivity index (χ1n) is 7.45. The highest BCUT2D eigenvalue weighted by atomic mass is 16.5. The summed E-state index contributed by atoms with van der Waals surface area (Å²) in [6, 6.07) is 0.411. The number of hydrogen-bond donors (Lipinski definition) is 1. The van der Waals surface area contributed by atoms with Gasteiger partial charge in [-0.15, -0.1) is 0 Å². The Balaban J connectivity index is 2.14. The van der Waals surface area contributed by atoms with Crippen molar-refractivity contribution in [1.29, 1.82) is 0 Å². The van der Waals surface area contributed by atoms with E-state index in [1.54, 1.807) is 0 Å². The normalized spacial score (nSPS) is 18.6. The van der Waals surface area contributed by atoms with Gasteiger partial charge in [0.25, 0.3) is 0 Å². The molecule has 1 atom stereocenters. The summed E-state index contributed by atoms with van der Waals surface area (Å²) in [4.78, 5) is 15.3. The number of rotatable bonds is 6. The molecule has 1 fully saturated rings. The Hall–Kier alpha value is -1.59. The number of nitrogens with one attached hydrogen (secondary N) is 1. The quantitative estimate of drug-likeness (QED) is 0.861. The van der Waals surface area contributed by atoms with Crippen LogP contribution in [0.2, 0.25) is 0 Å². The summed E-state index contributed by atoms with van der Waals surface area (Å²) in [5, 5.41) is 2.97. The van der Waals surface area contributed by atoms with Gasteiger partial charge in [-0.05, 0) is 24.7 Å². The largest absolute Gasteiger partial charge is 0.463 e. The molecule has 1 aromatic rings. The summed E-state index contributed by atoms with van der Waals surface area (Å²) in [7, 11) is 1.81. The van der Waals surface area contributed by atoms with Crippen molar-refractivity contribution >= 4 is 11.9 Å². The van der Waals surface area contributed by atoms with E-state index in [-0.39, 0.29) is 0 Å². The van der Waals surface area contributed by atoms with Crippen LogP contribution in [0.5, 0.6) is 6.01 Å². The van der Waals surface area contributed by atoms with E-state index in [0.717, 1.165) is 25.5 Å². The Bertz CT molecular complexity index is 438. The summed E-state index contributed by atoms with van der Waals surface area (Å²) in [5.74, 6) is 2.69.